The Kier molecular flexibility index (Phi) is 9.06. The highest BCUT2D eigenvalue weighted by atomic mass is 16.5. The maximum absolute atomic E-state index is 13.4. The molecule has 0 aromatic heterocycles. The van der Waals surface area contributed by atoms with Gasteiger partial charge in [-0.15, -0.1) is 0 Å². The lowest BCUT2D eigenvalue weighted by Gasteiger charge is -2.71. The topological polar surface area (TPSA) is 107 Å². The van der Waals surface area contributed by atoms with E-state index in [1.54, 1.807) is 0 Å². The lowest BCUT2D eigenvalue weighted by atomic mass is 9.33. The summed E-state index contributed by atoms with van der Waals surface area (Å²) in [6.45, 7) is 18.4. The zero-order valence-corrected chi connectivity index (χ0v) is 27.6. The highest BCUT2D eigenvalue weighted by molar-refractivity contribution is 5.86. The number of rotatable bonds is 8. The number of aliphatic carboxylic acids is 1. The molecule has 4 aliphatic carbocycles. The van der Waals surface area contributed by atoms with E-state index in [1.165, 1.54) is 20.3 Å². The summed E-state index contributed by atoms with van der Waals surface area (Å²) in [6, 6.07) is 0. The molecule has 7 nitrogen and oxygen atoms in total. The van der Waals surface area contributed by atoms with Gasteiger partial charge in [0.15, 0.2) is 0 Å². The number of carbonyl (C=O) groups excluding carboxylic acids is 3. The van der Waals surface area contributed by atoms with Crippen molar-refractivity contribution >= 4 is 23.7 Å². The van der Waals surface area contributed by atoms with Crippen molar-refractivity contribution in [2.45, 2.75) is 139 Å². The van der Waals surface area contributed by atoms with Crippen molar-refractivity contribution in [2.75, 3.05) is 0 Å². The van der Waals surface area contributed by atoms with Crippen molar-refractivity contribution in [1.82, 2.24) is 0 Å². The Morgan fingerprint density at radius 3 is 2.07 bits per heavy atom. The van der Waals surface area contributed by atoms with Gasteiger partial charge in [0.05, 0.1) is 11.8 Å². The van der Waals surface area contributed by atoms with E-state index in [1.807, 2.05) is 6.92 Å². The van der Waals surface area contributed by atoms with Crippen LogP contribution >= 0.6 is 0 Å². The number of ether oxygens (including phenoxy) is 2. The van der Waals surface area contributed by atoms with Crippen molar-refractivity contribution in [3.63, 3.8) is 0 Å². The van der Waals surface area contributed by atoms with Crippen LogP contribution in [0.4, 0.5) is 0 Å². The van der Waals surface area contributed by atoms with E-state index < -0.39 is 41.4 Å². The molecule has 0 saturated heterocycles. The van der Waals surface area contributed by atoms with Crippen LogP contribution in [-0.4, -0.2) is 41.0 Å². The first kappa shape index (κ1) is 33.0. The smallest absolute Gasteiger partial charge is 0.308 e. The number of fused-ring (bicyclic) bond motifs is 5. The van der Waals surface area contributed by atoms with Gasteiger partial charge in [0.25, 0.3) is 0 Å². The van der Waals surface area contributed by atoms with Gasteiger partial charge in [0, 0.05) is 18.8 Å². The van der Waals surface area contributed by atoms with Gasteiger partial charge in [-0.1, -0.05) is 61.3 Å². The zero-order valence-electron chi connectivity index (χ0n) is 27.6. The van der Waals surface area contributed by atoms with Gasteiger partial charge in [-0.25, -0.2) is 0 Å². The molecule has 1 N–H and O–H groups in total. The first-order valence-corrected chi connectivity index (χ1v) is 16.6. The lowest BCUT2D eigenvalue weighted by molar-refractivity contribution is -0.268. The minimum Gasteiger partial charge on any atom is -0.481 e. The molecule has 4 rings (SSSR count). The van der Waals surface area contributed by atoms with Crippen molar-refractivity contribution in [2.24, 2.45) is 57.2 Å². The minimum absolute atomic E-state index is 0.0208. The molecule has 0 bridgehead atoms. The highest BCUT2D eigenvalue weighted by Gasteiger charge is 2.72. The van der Waals surface area contributed by atoms with E-state index in [2.05, 4.69) is 41.5 Å². The fraction of sp³-hybridized carbons (Fsp3) is 0.886. The quantitative estimate of drug-likeness (QED) is 0.298. The first-order valence-electron chi connectivity index (χ1n) is 16.6. The van der Waals surface area contributed by atoms with Crippen LogP contribution in [0.3, 0.4) is 0 Å². The molecule has 0 heterocycles. The molecule has 0 radical (unpaired) electrons. The average molecular weight is 589 g/mol. The predicted octanol–water partition coefficient (Wildman–Crippen LogP) is 7.24. The number of hydrogen-bond donors (Lipinski definition) is 1. The Balaban J connectivity index is 1.88. The Bertz CT molecular complexity index is 1080. The molecule has 11 unspecified atom stereocenters. The second kappa shape index (κ2) is 11.5. The van der Waals surface area contributed by atoms with E-state index in [4.69, 9.17) is 9.47 Å². The molecule has 42 heavy (non-hydrogen) atoms. The molecular weight excluding hydrogens is 532 g/mol. The van der Waals surface area contributed by atoms with Crippen LogP contribution in [-0.2, 0) is 28.7 Å². The second-order valence-corrected chi connectivity index (χ2v) is 15.9. The number of carboxylic acids is 1. The van der Waals surface area contributed by atoms with Gasteiger partial charge < -0.3 is 14.6 Å². The monoisotopic (exact) mass is 588 g/mol. The summed E-state index contributed by atoms with van der Waals surface area (Å²) in [5, 5.41) is 10.8. The fourth-order valence-corrected chi connectivity index (χ4v) is 11.2. The van der Waals surface area contributed by atoms with Crippen LogP contribution in [0.15, 0.2) is 0 Å². The predicted molar refractivity (Wildman–Crippen MR) is 160 cm³/mol. The molecule has 0 aliphatic heterocycles. The van der Waals surface area contributed by atoms with E-state index in [0.717, 1.165) is 32.1 Å². The minimum atomic E-state index is -1.13. The number of carboxylic acid groups (broad SMARTS) is 1. The fourth-order valence-electron chi connectivity index (χ4n) is 11.2. The third-order valence-corrected chi connectivity index (χ3v) is 13.3. The van der Waals surface area contributed by atoms with Gasteiger partial charge in [-0.2, -0.15) is 0 Å². The Labute approximate surface area is 253 Å². The molecule has 0 spiro atoms. The lowest BCUT2D eigenvalue weighted by Crippen LogP contribution is -2.70. The van der Waals surface area contributed by atoms with Gasteiger partial charge in [-0.05, 0) is 91.8 Å². The molecule has 238 valence electrons. The highest BCUT2D eigenvalue weighted by Crippen LogP contribution is 2.74. The number of carbonyl (C=O) groups is 4. The van der Waals surface area contributed by atoms with Crippen LogP contribution < -0.4 is 0 Å². The zero-order chi connectivity index (χ0) is 31.4. The van der Waals surface area contributed by atoms with E-state index in [-0.39, 0.29) is 46.3 Å². The Hall–Kier alpha value is -1.92. The molecule has 4 aliphatic rings. The number of Topliss-reactive ketones (excluding diaryl/α,β-unsaturated/α-hetero) is 1. The maximum atomic E-state index is 13.4. The third kappa shape index (κ3) is 5.23. The number of hydrogen-bond acceptors (Lipinski definition) is 6. The van der Waals surface area contributed by atoms with Crippen LogP contribution in [0.25, 0.3) is 0 Å². The third-order valence-electron chi connectivity index (χ3n) is 13.3. The van der Waals surface area contributed by atoms with Crippen LogP contribution in [0, 0.1) is 57.2 Å². The van der Waals surface area contributed by atoms with Gasteiger partial charge in [0.1, 0.15) is 18.0 Å². The summed E-state index contributed by atoms with van der Waals surface area (Å²) in [4.78, 5) is 52.1. The summed E-state index contributed by atoms with van der Waals surface area (Å²) in [7, 11) is 0. The van der Waals surface area contributed by atoms with Gasteiger partial charge >= 0.3 is 17.9 Å². The SMILES string of the molecule is CCC1(C)CCCC2(C)C1CCC1(C)C2CC(OC(=O)CCC(C)C)C2(C)C(C(=O)O)C(C(C)=O)C(OC(C)=O)CC12. The molecule has 0 aromatic carbocycles. The summed E-state index contributed by atoms with van der Waals surface area (Å²) in [6.07, 6.45) is 7.19. The summed E-state index contributed by atoms with van der Waals surface area (Å²) in [5.74, 6) is -3.39. The van der Waals surface area contributed by atoms with Crippen LogP contribution in [0.1, 0.15) is 127 Å². The normalized spacial score (nSPS) is 44.8. The Morgan fingerprint density at radius 1 is 0.881 bits per heavy atom. The van der Waals surface area contributed by atoms with Crippen molar-refractivity contribution in [3.8, 4) is 0 Å². The molecule has 4 fully saturated rings. The van der Waals surface area contributed by atoms with Crippen LogP contribution in [0.5, 0.6) is 0 Å². The summed E-state index contributed by atoms with van der Waals surface area (Å²) in [5.41, 5.74) is -0.966. The first-order chi connectivity index (χ1) is 19.5. The van der Waals surface area contributed by atoms with Crippen molar-refractivity contribution in [3.05, 3.63) is 0 Å². The molecule has 11 atom stereocenters. The molecular formula is C35H56O7. The maximum Gasteiger partial charge on any atom is 0.308 e. The molecule has 7 heteroatoms. The molecule has 4 saturated carbocycles. The van der Waals surface area contributed by atoms with E-state index in [0.29, 0.717) is 31.1 Å². The van der Waals surface area contributed by atoms with Crippen LogP contribution in [0.2, 0.25) is 0 Å². The standard InChI is InChI=1S/C35H56O7/c1-10-32(6)15-11-16-33(7)24(32)14-17-34(8)25(33)19-27(42-28(38)13-12-20(2)3)35(9)26(34)18-23(41-22(5)37)29(21(4)36)30(35)31(39)40/h20,23-27,29-30H,10-19H2,1-9H3,(H,39,40). The summed E-state index contributed by atoms with van der Waals surface area (Å²) < 4.78 is 12.2. The second-order valence-electron chi connectivity index (χ2n) is 15.9. The van der Waals surface area contributed by atoms with E-state index in [9.17, 15) is 24.3 Å². The van der Waals surface area contributed by atoms with Gasteiger partial charge in [-0.3, -0.25) is 19.2 Å². The number of ketones is 1. The average Bonchev–Trinajstić information content (AvgIpc) is 2.88. The summed E-state index contributed by atoms with van der Waals surface area (Å²) >= 11 is 0. The molecule has 0 aromatic rings. The Morgan fingerprint density at radius 2 is 1.52 bits per heavy atom. The number of esters is 2. The van der Waals surface area contributed by atoms with E-state index >= 15 is 0 Å². The van der Waals surface area contributed by atoms with Gasteiger partial charge in [0.2, 0.25) is 0 Å². The van der Waals surface area contributed by atoms with Crippen molar-refractivity contribution in [1.29, 1.82) is 0 Å². The largest absolute Gasteiger partial charge is 0.481 e. The molecule has 0 amide bonds. The van der Waals surface area contributed by atoms with Crippen molar-refractivity contribution < 1.29 is 33.8 Å².